The average molecular weight is 385 g/mol. The molecule has 1 aromatic rings. The lowest BCUT2D eigenvalue weighted by Crippen LogP contribution is -2.54. The first-order chi connectivity index (χ1) is 13.5. The van der Waals surface area contributed by atoms with E-state index in [9.17, 15) is 4.79 Å². The minimum Gasteiger partial charge on any atom is -0.376 e. The topological polar surface area (TPSA) is 44.1 Å². The fourth-order valence-corrected chi connectivity index (χ4v) is 7.88. The first kappa shape index (κ1) is 18.8. The highest BCUT2D eigenvalue weighted by molar-refractivity contribution is 5.87. The van der Waals surface area contributed by atoms with Crippen molar-refractivity contribution in [1.29, 1.82) is 0 Å². The molecule has 0 saturated heterocycles. The fraction of sp³-hybridized carbons (Fsp3) is 0.833. The van der Waals surface area contributed by atoms with Gasteiger partial charge in [0.05, 0.1) is 19.0 Å². The molecule has 4 nitrogen and oxygen atoms in total. The lowest BCUT2D eigenvalue weighted by atomic mass is 9.45. The van der Waals surface area contributed by atoms with Gasteiger partial charge < -0.3 is 9.30 Å². The van der Waals surface area contributed by atoms with E-state index in [-0.39, 0.29) is 5.41 Å². The van der Waals surface area contributed by atoms with Crippen LogP contribution in [0.3, 0.4) is 0 Å². The van der Waals surface area contributed by atoms with Crippen LogP contribution in [-0.4, -0.2) is 28.0 Å². The zero-order valence-corrected chi connectivity index (χ0v) is 17.6. The number of hydrogen-bond donors (Lipinski definition) is 0. The Balaban J connectivity index is 1.23. The molecule has 4 saturated carbocycles. The first-order valence-corrected chi connectivity index (χ1v) is 11.6. The summed E-state index contributed by atoms with van der Waals surface area (Å²) in [6.07, 6.45) is 17.0. The van der Waals surface area contributed by atoms with Crippen LogP contribution in [0.2, 0.25) is 0 Å². The number of rotatable bonds is 4. The Morgan fingerprint density at radius 3 is 2.86 bits per heavy atom. The van der Waals surface area contributed by atoms with Crippen molar-refractivity contribution in [1.82, 2.24) is 9.55 Å². The Kier molecular flexibility index (Phi) is 4.69. The summed E-state index contributed by atoms with van der Waals surface area (Å²) >= 11 is 0. The van der Waals surface area contributed by atoms with Crippen LogP contribution in [0.25, 0.3) is 0 Å². The molecule has 4 unspecified atom stereocenters. The number of hydrogen-bond acceptors (Lipinski definition) is 3. The van der Waals surface area contributed by atoms with Crippen LogP contribution >= 0.6 is 0 Å². The van der Waals surface area contributed by atoms with Crippen LogP contribution in [0, 0.1) is 34.5 Å². The van der Waals surface area contributed by atoms with Gasteiger partial charge in [0.25, 0.3) is 0 Å². The van der Waals surface area contributed by atoms with Gasteiger partial charge in [-0.15, -0.1) is 0 Å². The molecular formula is C24H36N2O2. The quantitative estimate of drug-likeness (QED) is 0.743. The van der Waals surface area contributed by atoms with Gasteiger partial charge in [-0.1, -0.05) is 13.8 Å². The summed E-state index contributed by atoms with van der Waals surface area (Å²) in [6, 6.07) is 0. The van der Waals surface area contributed by atoms with Crippen LogP contribution in [0.1, 0.15) is 71.6 Å². The van der Waals surface area contributed by atoms with Crippen molar-refractivity contribution >= 4 is 5.78 Å². The maximum absolute atomic E-state index is 12.6. The molecule has 4 heteroatoms. The molecule has 0 aromatic carbocycles. The number of carbonyl (C=O) groups is 1. The fourth-order valence-electron chi connectivity index (χ4n) is 7.88. The minimum atomic E-state index is 0.0119. The molecule has 0 radical (unpaired) electrons. The zero-order valence-electron chi connectivity index (χ0n) is 17.6. The van der Waals surface area contributed by atoms with Crippen molar-refractivity contribution < 1.29 is 9.53 Å². The van der Waals surface area contributed by atoms with Gasteiger partial charge in [-0.05, 0) is 80.5 Å². The van der Waals surface area contributed by atoms with E-state index in [1.54, 1.807) is 0 Å². The maximum atomic E-state index is 12.6. The van der Waals surface area contributed by atoms with Crippen LogP contribution < -0.4 is 0 Å². The lowest BCUT2D eigenvalue weighted by Gasteiger charge is -2.60. The van der Waals surface area contributed by atoms with Gasteiger partial charge in [0.2, 0.25) is 0 Å². The van der Waals surface area contributed by atoms with E-state index in [4.69, 9.17) is 4.74 Å². The van der Waals surface area contributed by atoms with Crippen molar-refractivity contribution in [3.63, 3.8) is 0 Å². The summed E-state index contributed by atoms with van der Waals surface area (Å²) in [6.45, 7) is 6.58. The van der Waals surface area contributed by atoms with Gasteiger partial charge in [-0.2, -0.15) is 0 Å². The molecule has 0 amide bonds. The monoisotopic (exact) mass is 384 g/mol. The Labute approximate surface area is 169 Å². The highest BCUT2D eigenvalue weighted by atomic mass is 16.5. The van der Waals surface area contributed by atoms with Gasteiger partial charge in [0, 0.05) is 30.8 Å². The van der Waals surface area contributed by atoms with Crippen LogP contribution in [0.4, 0.5) is 0 Å². The summed E-state index contributed by atoms with van der Waals surface area (Å²) in [5.74, 6) is 3.67. The molecule has 4 fully saturated rings. The van der Waals surface area contributed by atoms with Crippen molar-refractivity contribution in [2.24, 2.45) is 34.5 Å². The molecule has 5 rings (SSSR count). The minimum absolute atomic E-state index is 0.0119. The predicted molar refractivity (Wildman–Crippen MR) is 109 cm³/mol. The molecular weight excluding hydrogens is 348 g/mol. The third kappa shape index (κ3) is 2.89. The smallest absolute Gasteiger partial charge is 0.139 e. The number of aromatic nitrogens is 2. The molecule has 28 heavy (non-hydrogen) atoms. The molecule has 0 aliphatic heterocycles. The standard InChI is InChI=1S/C24H36N2O2/c1-23-9-7-18(28-14-13-26-12-11-25-16-26)15-17(23)3-4-19-20-5-6-22(27)24(20,2)10-8-21(19)23/h11-12,16-21H,3-10,13-15H2,1-2H3/t17?,18-,19?,20?,21?,23-,24-/m0/s1. The van der Waals surface area contributed by atoms with Crippen LogP contribution in [-0.2, 0) is 16.1 Å². The number of fused-ring (bicyclic) bond motifs is 5. The molecule has 4 aliphatic carbocycles. The zero-order chi connectivity index (χ0) is 19.4. The SMILES string of the molecule is C[C@]12CC[C@H](OCCn3ccnc3)CC1CCC1C2CC[C@]2(C)C(=O)CCC12. The summed E-state index contributed by atoms with van der Waals surface area (Å²) < 4.78 is 8.39. The molecule has 0 spiro atoms. The number of Topliss-reactive ketones (excluding diaryl/α,β-unsaturated/α-hetero) is 1. The average Bonchev–Trinajstić information content (AvgIpc) is 3.30. The summed E-state index contributed by atoms with van der Waals surface area (Å²) in [7, 11) is 0. The Hall–Kier alpha value is -1.16. The summed E-state index contributed by atoms with van der Waals surface area (Å²) in [5, 5.41) is 0. The van der Waals surface area contributed by atoms with E-state index >= 15 is 0 Å². The second-order valence-corrected chi connectivity index (χ2v) is 10.6. The third-order valence-corrected chi connectivity index (χ3v) is 9.59. The van der Waals surface area contributed by atoms with Gasteiger partial charge in [0.1, 0.15) is 5.78 Å². The van der Waals surface area contributed by atoms with E-state index < -0.39 is 0 Å². The maximum Gasteiger partial charge on any atom is 0.139 e. The largest absolute Gasteiger partial charge is 0.376 e. The third-order valence-electron chi connectivity index (χ3n) is 9.59. The van der Waals surface area contributed by atoms with Gasteiger partial charge >= 0.3 is 0 Å². The predicted octanol–water partition coefficient (Wildman–Crippen LogP) is 4.88. The lowest BCUT2D eigenvalue weighted by molar-refractivity contribution is -0.145. The summed E-state index contributed by atoms with van der Waals surface area (Å²) in [4.78, 5) is 16.7. The summed E-state index contributed by atoms with van der Waals surface area (Å²) in [5.41, 5.74) is 0.484. The van der Waals surface area contributed by atoms with E-state index in [0.29, 0.717) is 23.2 Å². The number of imidazole rings is 1. The van der Waals surface area contributed by atoms with E-state index in [0.717, 1.165) is 50.2 Å². The highest BCUT2D eigenvalue weighted by Crippen LogP contribution is 2.65. The molecule has 4 aliphatic rings. The molecule has 1 heterocycles. The second-order valence-electron chi connectivity index (χ2n) is 10.6. The van der Waals surface area contributed by atoms with Gasteiger partial charge in [-0.25, -0.2) is 4.98 Å². The molecule has 154 valence electrons. The number of carbonyl (C=O) groups excluding carboxylic acids is 1. The van der Waals surface area contributed by atoms with E-state index in [1.165, 1.54) is 38.5 Å². The molecule has 7 atom stereocenters. The van der Waals surface area contributed by atoms with Crippen LogP contribution in [0.15, 0.2) is 18.7 Å². The van der Waals surface area contributed by atoms with Gasteiger partial charge in [-0.3, -0.25) is 4.79 Å². The van der Waals surface area contributed by atoms with E-state index in [2.05, 4.69) is 23.4 Å². The number of ether oxygens (including phenoxy) is 1. The Morgan fingerprint density at radius 1 is 1.14 bits per heavy atom. The van der Waals surface area contributed by atoms with E-state index in [1.807, 2.05) is 18.7 Å². The van der Waals surface area contributed by atoms with Gasteiger partial charge in [0.15, 0.2) is 0 Å². The second kappa shape index (κ2) is 6.97. The number of nitrogens with zero attached hydrogens (tertiary/aromatic N) is 2. The van der Waals surface area contributed by atoms with Crippen molar-refractivity contribution in [2.75, 3.05) is 6.61 Å². The van der Waals surface area contributed by atoms with Crippen LogP contribution in [0.5, 0.6) is 0 Å². The normalized spacial score (nSPS) is 45.4. The van der Waals surface area contributed by atoms with Crippen molar-refractivity contribution in [3.8, 4) is 0 Å². The molecule has 0 N–H and O–H groups in total. The Bertz CT molecular complexity index is 716. The molecule has 1 aromatic heterocycles. The number of ketones is 1. The highest BCUT2D eigenvalue weighted by Gasteiger charge is 2.60. The van der Waals surface area contributed by atoms with Crippen molar-refractivity contribution in [2.45, 2.75) is 84.3 Å². The Morgan fingerprint density at radius 2 is 2.04 bits per heavy atom. The first-order valence-electron chi connectivity index (χ1n) is 11.6. The van der Waals surface area contributed by atoms with Crippen molar-refractivity contribution in [3.05, 3.63) is 18.7 Å². The molecule has 0 bridgehead atoms.